The quantitative estimate of drug-likeness (QED) is 0.697. The summed E-state index contributed by atoms with van der Waals surface area (Å²) in [6, 6.07) is 0.780. The lowest BCUT2D eigenvalue weighted by Gasteiger charge is -2.59. The first-order valence-corrected chi connectivity index (χ1v) is 9.66. The summed E-state index contributed by atoms with van der Waals surface area (Å²) in [4.78, 5) is 0. The number of thioether (sulfide) groups is 1. The third kappa shape index (κ3) is 2.85. The van der Waals surface area contributed by atoms with Crippen LogP contribution < -0.4 is 5.32 Å². The zero-order chi connectivity index (χ0) is 13.3. The molecule has 4 saturated carbocycles. The topological polar surface area (TPSA) is 12.0 Å². The standard InChI is InChI=1S/C17H31NS/c1-3-4-5-19-12-16(18-2)17-9-13-6-14(10-17)8-15(7-13)11-17/h13-16,18H,3-12H2,1-2H3. The Bertz CT molecular complexity index is 266. The van der Waals surface area contributed by atoms with Crippen LogP contribution in [0.3, 0.4) is 0 Å². The highest BCUT2D eigenvalue weighted by atomic mass is 32.2. The molecule has 4 rings (SSSR count). The fourth-order valence-corrected chi connectivity index (χ4v) is 7.03. The van der Waals surface area contributed by atoms with Gasteiger partial charge in [-0.3, -0.25) is 0 Å². The van der Waals surface area contributed by atoms with E-state index in [-0.39, 0.29) is 0 Å². The fourth-order valence-electron chi connectivity index (χ4n) is 5.62. The van der Waals surface area contributed by atoms with E-state index in [9.17, 15) is 0 Å². The van der Waals surface area contributed by atoms with Crippen molar-refractivity contribution in [2.45, 2.75) is 64.3 Å². The third-order valence-electron chi connectivity index (χ3n) is 6.10. The fraction of sp³-hybridized carbons (Fsp3) is 1.00. The Morgan fingerprint density at radius 3 is 2.16 bits per heavy atom. The van der Waals surface area contributed by atoms with Crippen LogP contribution >= 0.6 is 11.8 Å². The van der Waals surface area contributed by atoms with Crippen LogP contribution in [0.1, 0.15) is 58.3 Å². The molecule has 0 spiro atoms. The van der Waals surface area contributed by atoms with Crippen molar-refractivity contribution in [2.24, 2.45) is 23.2 Å². The molecule has 0 radical (unpaired) electrons. The Labute approximate surface area is 123 Å². The molecule has 0 aromatic rings. The summed E-state index contributed by atoms with van der Waals surface area (Å²) < 4.78 is 0. The minimum atomic E-state index is 0.683. The average Bonchev–Trinajstić information content (AvgIpc) is 2.37. The lowest BCUT2D eigenvalue weighted by atomic mass is 9.48. The van der Waals surface area contributed by atoms with Gasteiger partial charge in [-0.25, -0.2) is 0 Å². The zero-order valence-electron chi connectivity index (χ0n) is 12.8. The van der Waals surface area contributed by atoms with Gasteiger partial charge in [0.05, 0.1) is 0 Å². The Kier molecular flexibility index (Phi) is 4.48. The maximum Gasteiger partial charge on any atom is 0.0211 e. The summed E-state index contributed by atoms with van der Waals surface area (Å²) in [5, 5.41) is 3.72. The van der Waals surface area contributed by atoms with Gasteiger partial charge in [-0.05, 0) is 80.9 Å². The monoisotopic (exact) mass is 281 g/mol. The van der Waals surface area contributed by atoms with Crippen molar-refractivity contribution in [3.05, 3.63) is 0 Å². The molecule has 0 amide bonds. The van der Waals surface area contributed by atoms with Gasteiger partial charge in [0.1, 0.15) is 0 Å². The zero-order valence-corrected chi connectivity index (χ0v) is 13.6. The molecular formula is C17H31NS. The molecule has 0 aliphatic heterocycles. The molecule has 2 heteroatoms. The predicted molar refractivity (Wildman–Crippen MR) is 85.7 cm³/mol. The molecule has 4 aliphatic rings. The molecule has 0 heterocycles. The van der Waals surface area contributed by atoms with Crippen molar-refractivity contribution in [2.75, 3.05) is 18.6 Å². The van der Waals surface area contributed by atoms with Crippen LogP contribution in [0.25, 0.3) is 0 Å². The summed E-state index contributed by atoms with van der Waals surface area (Å²) in [7, 11) is 2.21. The lowest BCUT2D eigenvalue weighted by molar-refractivity contribution is -0.0682. The van der Waals surface area contributed by atoms with Crippen molar-refractivity contribution in [1.82, 2.24) is 5.32 Å². The van der Waals surface area contributed by atoms with Crippen LogP contribution in [0.5, 0.6) is 0 Å². The van der Waals surface area contributed by atoms with E-state index in [1.807, 2.05) is 0 Å². The summed E-state index contributed by atoms with van der Waals surface area (Å²) in [6.45, 7) is 2.30. The lowest BCUT2D eigenvalue weighted by Crippen LogP contribution is -2.56. The molecular weight excluding hydrogens is 250 g/mol. The second-order valence-electron chi connectivity index (χ2n) is 7.55. The second kappa shape index (κ2) is 5.97. The third-order valence-corrected chi connectivity index (χ3v) is 7.25. The van der Waals surface area contributed by atoms with Crippen LogP contribution in [-0.4, -0.2) is 24.6 Å². The van der Waals surface area contributed by atoms with Gasteiger partial charge in [-0.15, -0.1) is 0 Å². The van der Waals surface area contributed by atoms with Gasteiger partial charge >= 0.3 is 0 Å². The molecule has 4 fully saturated rings. The molecule has 4 bridgehead atoms. The predicted octanol–water partition coefficient (Wildman–Crippen LogP) is 4.32. The van der Waals surface area contributed by atoms with E-state index in [1.54, 1.807) is 38.5 Å². The van der Waals surface area contributed by atoms with Crippen LogP contribution in [0.15, 0.2) is 0 Å². The van der Waals surface area contributed by atoms with E-state index < -0.39 is 0 Å². The van der Waals surface area contributed by atoms with Crippen molar-refractivity contribution in [3.8, 4) is 0 Å². The van der Waals surface area contributed by atoms with Gasteiger partial charge in [0.25, 0.3) is 0 Å². The Morgan fingerprint density at radius 2 is 1.68 bits per heavy atom. The normalized spacial score (nSPS) is 41.7. The number of unbranched alkanes of at least 4 members (excludes halogenated alkanes) is 1. The average molecular weight is 282 g/mol. The first-order chi connectivity index (χ1) is 9.25. The van der Waals surface area contributed by atoms with E-state index in [0.717, 1.165) is 23.8 Å². The second-order valence-corrected chi connectivity index (χ2v) is 8.70. The molecule has 1 atom stereocenters. The number of hydrogen-bond donors (Lipinski definition) is 1. The first kappa shape index (κ1) is 14.3. The van der Waals surface area contributed by atoms with Crippen molar-refractivity contribution in [1.29, 1.82) is 0 Å². The largest absolute Gasteiger partial charge is 0.316 e. The van der Waals surface area contributed by atoms with Crippen molar-refractivity contribution < 1.29 is 0 Å². The highest BCUT2D eigenvalue weighted by Gasteiger charge is 2.53. The Morgan fingerprint density at radius 1 is 1.11 bits per heavy atom. The smallest absolute Gasteiger partial charge is 0.0211 e. The van der Waals surface area contributed by atoms with Gasteiger partial charge in [0.2, 0.25) is 0 Å². The molecule has 1 N–H and O–H groups in total. The van der Waals surface area contributed by atoms with Gasteiger partial charge < -0.3 is 5.32 Å². The van der Waals surface area contributed by atoms with Gasteiger partial charge in [0.15, 0.2) is 0 Å². The van der Waals surface area contributed by atoms with Gasteiger partial charge in [-0.2, -0.15) is 11.8 Å². The molecule has 0 aromatic heterocycles. The van der Waals surface area contributed by atoms with Crippen molar-refractivity contribution >= 4 is 11.8 Å². The number of hydrogen-bond acceptors (Lipinski definition) is 2. The summed E-state index contributed by atoms with van der Waals surface area (Å²) in [5.74, 6) is 5.97. The Balaban J connectivity index is 1.62. The molecule has 0 aromatic carbocycles. The van der Waals surface area contributed by atoms with Gasteiger partial charge in [-0.1, -0.05) is 13.3 Å². The minimum absolute atomic E-state index is 0.683. The first-order valence-electron chi connectivity index (χ1n) is 8.50. The molecule has 1 unspecified atom stereocenters. The minimum Gasteiger partial charge on any atom is -0.316 e. The van der Waals surface area contributed by atoms with Crippen molar-refractivity contribution in [3.63, 3.8) is 0 Å². The van der Waals surface area contributed by atoms with E-state index in [0.29, 0.717) is 5.41 Å². The molecule has 110 valence electrons. The van der Waals surface area contributed by atoms with Gasteiger partial charge in [0, 0.05) is 11.8 Å². The highest BCUT2D eigenvalue weighted by molar-refractivity contribution is 7.99. The van der Waals surface area contributed by atoms with E-state index in [4.69, 9.17) is 0 Å². The summed E-state index contributed by atoms with van der Waals surface area (Å²) in [6.07, 6.45) is 12.1. The SMILES string of the molecule is CCCCSCC(NC)C12CC3CC(CC(C3)C1)C2. The van der Waals surface area contributed by atoms with Crippen LogP contribution in [0, 0.1) is 23.2 Å². The van der Waals surface area contributed by atoms with E-state index in [1.165, 1.54) is 24.3 Å². The maximum atomic E-state index is 3.72. The molecule has 4 aliphatic carbocycles. The number of nitrogens with one attached hydrogen (secondary N) is 1. The molecule has 0 saturated heterocycles. The highest BCUT2D eigenvalue weighted by Crippen LogP contribution is 2.61. The maximum absolute atomic E-state index is 3.72. The molecule has 19 heavy (non-hydrogen) atoms. The van der Waals surface area contributed by atoms with E-state index >= 15 is 0 Å². The van der Waals surface area contributed by atoms with E-state index in [2.05, 4.69) is 31.1 Å². The molecule has 1 nitrogen and oxygen atoms in total. The summed E-state index contributed by atoms with van der Waals surface area (Å²) >= 11 is 2.20. The Hall–Kier alpha value is 0.310. The summed E-state index contributed by atoms with van der Waals surface area (Å²) in [5.41, 5.74) is 0.683. The van der Waals surface area contributed by atoms with Crippen LogP contribution in [-0.2, 0) is 0 Å². The van der Waals surface area contributed by atoms with Crippen LogP contribution in [0.2, 0.25) is 0 Å². The number of rotatable bonds is 7. The van der Waals surface area contributed by atoms with Crippen LogP contribution in [0.4, 0.5) is 0 Å².